The Hall–Kier alpha value is -4.07. The Morgan fingerprint density at radius 3 is 2.53 bits per heavy atom. The summed E-state index contributed by atoms with van der Waals surface area (Å²) in [7, 11) is 0. The first-order valence-electron chi connectivity index (χ1n) is 10.0. The lowest BCUT2D eigenvalue weighted by Crippen LogP contribution is -2.31. The first kappa shape index (κ1) is 21.2. The van der Waals surface area contributed by atoms with Crippen LogP contribution in [0, 0.1) is 13.8 Å². The molecule has 1 aliphatic rings. The van der Waals surface area contributed by atoms with Crippen LogP contribution in [0.2, 0.25) is 0 Å². The molecule has 1 N–H and O–H groups in total. The maximum absolute atomic E-state index is 12.6. The molecule has 0 fully saturated rings. The van der Waals surface area contributed by atoms with Crippen LogP contribution in [0.3, 0.4) is 0 Å². The number of carbonyl (C=O) groups excluding carboxylic acids is 3. The summed E-state index contributed by atoms with van der Waals surface area (Å²) in [6, 6.07) is 16.2. The molecule has 1 amide bonds. The number of esters is 1. The third-order valence-electron chi connectivity index (χ3n) is 5.14. The number of Topliss-reactive ketones (excluding diaryl/α,β-unsaturated/α-hetero) is 1. The Balaban J connectivity index is 1.31. The van der Waals surface area contributed by atoms with Crippen molar-refractivity contribution in [2.75, 3.05) is 19.9 Å². The van der Waals surface area contributed by atoms with E-state index in [-0.39, 0.29) is 19.1 Å². The van der Waals surface area contributed by atoms with Crippen LogP contribution in [-0.4, -0.2) is 42.2 Å². The van der Waals surface area contributed by atoms with Crippen molar-refractivity contribution in [2.45, 2.75) is 13.8 Å². The molecular weight excluding hydrogens is 412 g/mol. The SMILES string of the molecule is Cc1cc(C(=O)COC(=O)CNC(=O)c2ccc3c(c2)OCO3)c(C)n1-c1ccccc1. The van der Waals surface area contributed by atoms with Crippen molar-refractivity contribution in [2.24, 2.45) is 0 Å². The summed E-state index contributed by atoms with van der Waals surface area (Å²) in [6.45, 7) is 3.10. The molecule has 0 atom stereocenters. The number of carbonyl (C=O) groups is 3. The average Bonchev–Trinajstić information content (AvgIpc) is 3.39. The number of nitrogens with zero attached hydrogens (tertiary/aromatic N) is 1. The summed E-state index contributed by atoms with van der Waals surface area (Å²) >= 11 is 0. The van der Waals surface area contributed by atoms with E-state index in [4.69, 9.17) is 14.2 Å². The van der Waals surface area contributed by atoms with E-state index >= 15 is 0 Å². The molecule has 2 heterocycles. The van der Waals surface area contributed by atoms with Gasteiger partial charge in [-0.3, -0.25) is 14.4 Å². The van der Waals surface area contributed by atoms with Crippen molar-refractivity contribution >= 4 is 17.7 Å². The van der Waals surface area contributed by atoms with Crippen LogP contribution in [0.4, 0.5) is 0 Å². The topological polar surface area (TPSA) is 95.9 Å². The Morgan fingerprint density at radius 1 is 1.00 bits per heavy atom. The normalized spacial score (nSPS) is 11.8. The Morgan fingerprint density at radius 2 is 1.75 bits per heavy atom. The number of fused-ring (bicyclic) bond motifs is 1. The van der Waals surface area contributed by atoms with E-state index < -0.39 is 18.5 Å². The van der Waals surface area contributed by atoms with Gasteiger partial charge in [0.25, 0.3) is 5.91 Å². The minimum atomic E-state index is -0.704. The van der Waals surface area contributed by atoms with E-state index in [1.807, 2.05) is 48.7 Å². The van der Waals surface area contributed by atoms with Crippen LogP contribution in [0.5, 0.6) is 11.5 Å². The fraction of sp³-hybridized carbons (Fsp3) is 0.208. The second-order valence-corrected chi connectivity index (χ2v) is 7.29. The highest BCUT2D eigenvalue weighted by molar-refractivity contribution is 6.00. The van der Waals surface area contributed by atoms with E-state index in [1.165, 1.54) is 6.07 Å². The lowest BCUT2D eigenvalue weighted by molar-refractivity contribution is -0.141. The third kappa shape index (κ3) is 4.34. The molecule has 0 spiro atoms. The highest BCUT2D eigenvalue weighted by Gasteiger charge is 2.19. The smallest absolute Gasteiger partial charge is 0.325 e. The fourth-order valence-electron chi connectivity index (χ4n) is 3.59. The monoisotopic (exact) mass is 434 g/mol. The molecule has 8 nitrogen and oxygen atoms in total. The predicted molar refractivity (Wildman–Crippen MR) is 115 cm³/mol. The molecule has 0 bridgehead atoms. The van der Waals surface area contributed by atoms with Gasteiger partial charge in [0, 0.05) is 28.2 Å². The number of aromatic nitrogens is 1. The van der Waals surface area contributed by atoms with Crippen molar-refractivity contribution in [1.29, 1.82) is 0 Å². The molecule has 4 rings (SSSR count). The summed E-state index contributed by atoms with van der Waals surface area (Å²) in [5.41, 5.74) is 3.44. The van der Waals surface area contributed by atoms with Crippen molar-refractivity contribution in [3.63, 3.8) is 0 Å². The fourth-order valence-corrected chi connectivity index (χ4v) is 3.59. The first-order chi connectivity index (χ1) is 15.4. The number of amides is 1. The van der Waals surface area contributed by atoms with Crippen molar-refractivity contribution in [3.05, 3.63) is 77.1 Å². The lowest BCUT2D eigenvalue weighted by atomic mass is 10.1. The molecule has 2 aromatic carbocycles. The van der Waals surface area contributed by atoms with Gasteiger partial charge >= 0.3 is 5.97 Å². The van der Waals surface area contributed by atoms with E-state index in [9.17, 15) is 14.4 Å². The van der Waals surface area contributed by atoms with E-state index in [0.29, 0.717) is 22.6 Å². The Bertz CT molecular complexity index is 1180. The summed E-state index contributed by atoms with van der Waals surface area (Å²) in [5, 5.41) is 2.47. The van der Waals surface area contributed by atoms with Gasteiger partial charge in [0.15, 0.2) is 18.1 Å². The maximum atomic E-state index is 12.6. The number of hydrogen-bond donors (Lipinski definition) is 1. The third-order valence-corrected chi connectivity index (χ3v) is 5.14. The van der Waals surface area contributed by atoms with Crippen molar-refractivity contribution < 1.29 is 28.6 Å². The van der Waals surface area contributed by atoms with Gasteiger partial charge in [0.1, 0.15) is 6.54 Å². The zero-order valence-electron chi connectivity index (χ0n) is 17.7. The molecule has 0 saturated carbocycles. The number of ketones is 1. The largest absolute Gasteiger partial charge is 0.456 e. The van der Waals surface area contributed by atoms with Gasteiger partial charge in [-0.15, -0.1) is 0 Å². The van der Waals surface area contributed by atoms with Gasteiger partial charge in [-0.25, -0.2) is 0 Å². The highest BCUT2D eigenvalue weighted by Crippen LogP contribution is 2.32. The number of nitrogens with one attached hydrogen (secondary N) is 1. The van der Waals surface area contributed by atoms with Gasteiger partial charge in [-0.1, -0.05) is 18.2 Å². The molecule has 1 aromatic heterocycles. The van der Waals surface area contributed by atoms with Crippen molar-refractivity contribution in [3.8, 4) is 17.2 Å². The zero-order valence-corrected chi connectivity index (χ0v) is 17.7. The van der Waals surface area contributed by atoms with Gasteiger partial charge in [-0.2, -0.15) is 0 Å². The average molecular weight is 434 g/mol. The summed E-state index contributed by atoms with van der Waals surface area (Å²) in [4.78, 5) is 36.9. The van der Waals surface area contributed by atoms with Crippen LogP contribution < -0.4 is 14.8 Å². The number of hydrogen-bond acceptors (Lipinski definition) is 6. The quantitative estimate of drug-likeness (QED) is 0.454. The second-order valence-electron chi connectivity index (χ2n) is 7.29. The second kappa shape index (κ2) is 8.97. The minimum Gasteiger partial charge on any atom is -0.456 e. The van der Waals surface area contributed by atoms with Gasteiger partial charge in [-0.05, 0) is 50.2 Å². The molecule has 1 aliphatic heterocycles. The molecule has 3 aromatic rings. The summed E-state index contributed by atoms with van der Waals surface area (Å²) in [5.74, 6) is -0.442. The van der Waals surface area contributed by atoms with Gasteiger partial charge < -0.3 is 24.1 Å². The molecular formula is C24H22N2O6. The molecule has 0 saturated heterocycles. The molecule has 0 radical (unpaired) electrons. The number of aryl methyl sites for hydroxylation is 1. The molecule has 32 heavy (non-hydrogen) atoms. The number of para-hydroxylation sites is 1. The van der Waals surface area contributed by atoms with E-state index in [1.54, 1.807) is 18.2 Å². The van der Waals surface area contributed by atoms with Crippen molar-refractivity contribution in [1.82, 2.24) is 9.88 Å². The summed E-state index contributed by atoms with van der Waals surface area (Å²) < 4.78 is 17.5. The zero-order chi connectivity index (χ0) is 22.7. The molecule has 164 valence electrons. The van der Waals surface area contributed by atoms with Crippen LogP contribution in [0.25, 0.3) is 5.69 Å². The Kier molecular flexibility index (Phi) is 5.93. The summed E-state index contributed by atoms with van der Waals surface area (Å²) in [6.07, 6.45) is 0. The number of benzene rings is 2. The maximum Gasteiger partial charge on any atom is 0.325 e. The Labute approximate surface area is 184 Å². The van der Waals surface area contributed by atoms with Crippen LogP contribution in [-0.2, 0) is 9.53 Å². The molecule has 0 aliphatic carbocycles. The van der Waals surface area contributed by atoms with Crippen LogP contribution in [0.15, 0.2) is 54.6 Å². The molecule has 0 unspecified atom stereocenters. The van der Waals surface area contributed by atoms with Gasteiger partial charge in [0.2, 0.25) is 12.6 Å². The van der Waals surface area contributed by atoms with E-state index in [2.05, 4.69) is 5.32 Å². The minimum absolute atomic E-state index is 0.106. The standard InChI is InChI=1S/C24H22N2O6/c1-15-10-19(16(2)26(15)18-6-4-3-5-7-18)20(27)13-30-23(28)12-25-24(29)17-8-9-21-22(11-17)32-14-31-21/h3-11H,12-14H2,1-2H3,(H,25,29). The predicted octanol–water partition coefficient (Wildman–Crippen LogP) is 2.98. The number of rotatable bonds is 7. The lowest BCUT2D eigenvalue weighted by Gasteiger charge is -2.10. The highest BCUT2D eigenvalue weighted by atomic mass is 16.7. The van der Waals surface area contributed by atoms with E-state index in [0.717, 1.165) is 17.1 Å². The molecule has 8 heteroatoms. The number of ether oxygens (including phenoxy) is 3. The van der Waals surface area contributed by atoms with Crippen LogP contribution >= 0.6 is 0 Å². The van der Waals surface area contributed by atoms with Crippen LogP contribution in [0.1, 0.15) is 32.1 Å². The first-order valence-corrected chi connectivity index (χ1v) is 10.0. The van der Waals surface area contributed by atoms with Gasteiger partial charge in [0.05, 0.1) is 0 Å².